The molecule has 1 amide bonds. The minimum Gasteiger partial charge on any atom is -0.341 e. The van der Waals surface area contributed by atoms with Crippen molar-refractivity contribution in [1.29, 1.82) is 0 Å². The molecule has 0 aliphatic rings. The molecule has 1 rings (SSSR count). The van der Waals surface area contributed by atoms with Crippen molar-refractivity contribution >= 4 is 5.91 Å². The van der Waals surface area contributed by atoms with Crippen LogP contribution < -0.4 is 5.73 Å². The minimum absolute atomic E-state index is 0.0701. The molecular formula is C15H21F3N2O. The maximum absolute atomic E-state index is 12.5. The molecule has 1 aromatic carbocycles. The van der Waals surface area contributed by atoms with Gasteiger partial charge in [-0.3, -0.25) is 4.79 Å². The van der Waals surface area contributed by atoms with E-state index in [1.165, 1.54) is 17.0 Å². The van der Waals surface area contributed by atoms with Crippen LogP contribution in [0.25, 0.3) is 0 Å². The van der Waals surface area contributed by atoms with Gasteiger partial charge in [-0.15, -0.1) is 0 Å². The first-order valence-electron chi connectivity index (χ1n) is 6.90. The van der Waals surface area contributed by atoms with Crippen molar-refractivity contribution < 1.29 is 18.0 Å². The van der Waals surface area contributed by atoms with Crippen LogP contribution in [0.15, 0.2) is 24.3 Å². The van der Waals surface area contributed by atoms with E-state index in [0.717, 1.165) is 18.6 Å². The molecule has 1 unspecified atom stereocenters. The summed E-state index contributed by atoms with van der Waals surface area (Å²) in [4.78, 5) is 13.7. The highest BCUT2D eigenvalue weighted by molar-refractivity contribution is 5.78. The van der Waals surface area contributed by atoms with Crippen molar-refractivity contribution in [2.24, 2.45) is 11.7 Å². The third-order valence-electron chi connectivity index (χ3n) is 3.35. The summed E-state index contributed by atoms with van der Waals surface area (Å²) in [6.45, 7) is 2.53. The zero-order chi connectivity index (χ0) is 16.0. The molecule has 0 aromatic heterocycles. The van der Waals surface area contributed by atoms with E-state index in [2.05, 4.69) is 0 Å². The number of amides is 1. The second-order valence-electron chi connectivity index (χ2n) is 5.11. The Kier molecular flexibility index (Phi) is 6.20. The Balaban J connectivity index is 2.70. The van der Waals surface area contributed by atoms with Gasteiger partial charge in [-0.25, -0.2) is 0 Å². The van der Waals surface area contributed by atoms with E-state index < -0.39 is 11.7 Å². The summed E-state index contributed by atoms with van der Waals surface area (Å²) in [6.07, 6.45) is -2.76. The molecule has 21 heavy (non-hydrogen) atoms. The molecule has 0 saturated carbocycles. The van der Waals surface area contributed by atoms with Crippen LogP contribution in [0.2, 0.25) is 0 Å². The van der Waals surface area contributed by atoms with Gasteiger partial charge in [0.2, 0.25) is 5.91 Å². The first-order chi connectivity index (χ1) is 9.79. The smallest absolute Gasteiger partial charge is 0.341 e. The average Bonchev–Trinajstić information content (AvgIpc) is 2.43. The molecule has 0 aliphatic carbocycles. The van der Waals surface area contributed by atoms with Crippen molar-refractivity contribution in [2.75, 3.05) is 13.6 Å². The van der Waals surface area contributed by atoms with E-state index in [1.807, 2.05) is 6.92 Å². The lowest BCUT2D eigenvalue weighted by molar-refractivity contribution is -0.138. The molecule has 0 aliphatic heterocycles. The third kappa shape index (κ3) is 5.04. The Hall–Kier alpha value is -1.56. The lowest BCUT2D eigenvalue weighted by Crippen LogP contribution is -2.36. The summed E-state index contributed by atoms with van der Waals surface area (Å²) in [6, 6.07) is 4.84. The molecule has 0 fully saturated rings. The van der Waals surface area contributed by atoms with Crippen molar-refractivity contribution in [3.8, 4) is 0 Å². The molecule has 0 spiro atoms. The van der Waals surface area contributed by atoms with Gasteiger partial charge in [0, 0.05) is 20.1 Å². The Morgan fingerprint density at radius 1 is 1.29 bits per heavy atom. The van der Waals surface area contributed by atoms with Crippen molar-refractivity contribution in [3.05, 3.63) is 35.4 Å². The molecule has 2 N–H and O–H groups in total. The summed E-state index contributed by atoms with van der Waals surface area (Å²) in [5.74, 6) is -0.298. The van der Waals surface area contributed by atoms with Crippen LogP contribution in [0.1, 0.15) is 30.9 Å². The Morgan fingerprint density at radius 3 is 2.29 bits per heavy atom. The maximum Gasteiger partial charge on any atom is 0.416 e. The number of hydrogen-bond acceptors (Lipinski definition) is 2. The van der Waals surface area contributed by atoms with Crippen molar-refractivity contribution in [3.63, 3.8) is 0 Å². The second-order valence-corrected chi connectivity index (χ2v) is 5.11. The molecule has 118 valence electrons. The molecule has 0 bridgehead atoms. The molecular weight excluding hydrogens is 281 g/mol. The van der Waals surface area contributed by atoms with E-state index in [1.54, 1.807) is 7.05 Å². The Bertz CT molecular complexity index is 457. The van der Waals surface area contributed by atoms with Gasteiger partial charge in [-0.2, -0.15) is 13.2 Å². The number of rotatable bonds is 6. The lowest BCUT2D eigenvalue weighted by Gasteiger charge is -2.23. The van der Waals surface area contributed by atoms with Crippen LogP contribution in [0, 0.1) is 5.92 Å². The first-order valence-corrected chi connectivity index (χ1v) is 6.90. The largest absolute Gasteiger partial charge is 0.416 e. The summed E-state index contributed by atoms with van der Waals surface area (Å²) in [7, 11) is 1.64. The van der Waals surface area contributed by atoms with Gasteiger partial charge < -0.3 is 10.6 Å². The number of nitrogens with zero attached hydrogens (tertiary/aromatic N) is 1. The fraction of sp³-hybridized carbons (Fsp3) is 0.533. The number of carbonyl (C=O) groups is 1. The normalized spacial score (nSPS) is 13.0. The Labute approximate surface area is 122 Å². The molecule has 3 nitrogen and oxygen atoms in total. The maximum atomic E-state index is 12.5. The molecule has 0 heterocycles. The topological polar surface area (TPSA) is 46.3 Å². The highest BCUT2D eigenvalue weighted by Gasteiger charge is 2.30. The first kappa shape index (κ1) is 17.5. The van der Waals surface area contributed by atoms with Crippen LogP contribution in [-0.4, -0.2) is 24.4 Å². The van der Waals surface area contributed by atoms with Crippen LogP contribution >= 0.6 is 0 Å². The van der Waals surface area contributed by atoms with Gasteiger partial charge >= 0.3 is 6.18 Å². The highest BCUT2D eigenvalue weighted by atomic mass is 19.4. The summed E-state index contributed by atoms with van der Waals surface area (Å²) < 4.78 is 37.4. The zero-order valence-electron chi connectivity index (χ0n) is 12.3. The number of benzene rings is 1. The minimum atomic E-state index is -4.34. The van der Waals surface area contributed by atoms with Gasteiger partial charge in [-0.1, -0.05) is 25.5 Å². The molecule has 1 aromatic rings. The fourth-order valence-electron chi connectivity index (χ4n) is 2.15. The molecule has 0 radical (unpaired) electrons. The summed E-state index contributed by atoms with van der Waals surface area (Å²) in [5.41, 5.74) is 5.56. The molecule has 0 saturated heterocycles. The van der Waals surface area contributed by atoms with Gasteiger partial charge in [0.15, 0.2) is 0 Å². The van der Waals surface area contributed by atoms with Crippen LogP contribution in [0.4, 0.5) is 13.2 Å². The lowest BCUT2D eigenvalue weighted by atomic mass is 10.0. The van der Waals surface area contributed by atoms with Gasteiger partial charge in [0.05, 0.1) is 11.5 Å². The van der Waals surface area contributed by atoms with Crippen LogP contribution in [-0.2, 0) is 17.5 Å². The predicted octanol–water partition coefficient (Wildman–Crippen LogP) is 3.04. The molecule has 1 atom stereocenters. The number of carbonyl (C=O) groups excluding carboxylic acids is 1. The van der Waals surface area contributed by atoms with Gasteiger partial charge in [0.1, 0.15) is 0 Å². The zero-order valence-corrected chi connectivity index (χ0v) is 12.3. The van der Waals surface area contributed by atoms with Gasteiger partial charge in [0.25, 0.3) is 0 Å². The van der Waals surface area contributed by atoms with E-state index in [4.69, 9.17) is 5.73 Å². The van der Waals surface area contributed by atoms with E-state index in [0.29, 0.717) is 12.0 Å². The third-order valence-corrected chi connectivity index (χ3v) is 3.35. The summed E-state index contributed by atoms with van der Waals surface area (Å²) in [5, 5.41) is 0. The predicted molar refractivity (Wildman–Crippen MR) is 75.4 cm³/mol. The molecule has 6 heteroatoms. The standard InChI is InChI=1S/C15H21F3N2O/c1-3-4-12(9-19)14(21)20(2)10-11-5-7-13(8-6-11)15(16,17)18/h5-8,12H,3-4,9-10,19H2,1-2H3. The fourth-order valence-corrected chi connectivity index (χ4v) is 2.15. The number of halogens is 3. The van der Waals surface area contributed by atoms with Crippen LogP contribution in [0.5, 0.6) is 0 Å². The van der Waals surface area contributed by atoms with Crippen LogP contribution in [0.3, 0.4) is 0 Å². The van der Waals surface area contributed by atoms with E-state index in [9.17, 15) is 18.0 Å². The SMILES string of the molecule is CCCC(CN)C(=O)N(C)Cc1ccc(C(F)(F)F)cc1. The number of hydrogen-bond donors (Lipinski definition) is 1. The van der Waals surface area contributed by atoms with E-state index >= 15 is 0 Å². The van der Waals surface area contributed by atoms with Crippen molar-refractivity contribution in [1.82, 2.24) is 4.90 Å². The van der Waals surface area contributed by atoms with E-state index in [-0.39, 0.29) is 24.9 Å². The Morgan fingerprint density at radius 2 is 1.86 bits per heavy atom. The summed E-state index contributed by atoms with van der Waals surface area (Å²) >= 11 is 0. The van der Waals surface area contributed by atoms with Gasteiger partial charge in [-0.05, 0) is 24.1 Å². The highest BCUT2D eigenvalue weighted by Crippen LogP contribution is 2.29. The average molecular weight is 302 g/mol. The second kappa shape index (κ2) is 7.45. The quantitative estimate of drug-likeness (QED) is 0.878. The monoisotopic (exact) mass is 302 g/mol. The number of alkyl halides is 3. The number of nitrogens with two attached hydrogens (primary N) is 1. The van der Waals surface area contributed by atoms with Crippen molar-refractivity contribution in [2.45, 2.75) is 32.5 Å².